The van der Waals surface area contributed by atoms with E-state index in [0.29, 0.717) is 5.92 Å². The second kappa shape index (κ2) is 3.15. The van der Waals surface area contributed by atoms with Crippen LogP contribution in [0, 0.1) is 5.92 Å². The van der Waals surface area contributed by atoms with Gasteiger partial charge in [0.05, 0.1) is 6.10 Å². The number of aliphatic hydroxyl groups is 1. The largest absolute Gasteiger partial charge is 0.388 e. The fraction of sp³-hybridized carbons (Fsp3) is 0.500. The molecule has 1 aliphatic rings. The Labute approximate surface area is 79.4 Å². The molecule has 0 amide bonds. The zero-order valence-corrected chi connectivity index (χ0v) is 8.25. The number of aliphatic hydroxyl groups excluding tert-OH is 1. The molecule has 13 heavy (non-hydrogen) atoms. The van der Waals surface area contributed by atoms with E-state index in [2.05, 4.69) is 32.0 Å². The van der Waals surface area contributed by atoms with Gasteiger partial charge in [-0.05, 0) is 35.4 Å². The van der Waals surface area contributed by atoms with Gasteiger partial charge in [0, 0.05) is 0 Å². The second-order valence-corrected chi connectivity index (χ2v) is 4.01. The van der Waals surface area contributed by atoms with Crippen LogP contribution in [0.1, 0.15) is 36.6 Å². The first-order valence-electron chi connectivity index (χ1n) is 5.02. The highest BCUT2D eigenvalue weighted by atomic mass is 16.3. The minimum absolute atomic E-state index is 0.235. The lowest BCUT2D eigenvalue weighted by Crippen LogP contribution is -2.01. The van der Waals surface area contributed by atoms with Gasteiger partial charge in [0.1, 0.15) is 0 Å². The molecule has 1 nitrogen and oxygen atoms in total. The third-order valence-electron chi connectivity index (χ3n) is 3.02. The summed E-state index contributed by atoms with van der Waals surface area (Å²) in [7, 11) is 0. The van der Waals surface area contributed by atoms with Crippen molar-refractivity contribution < 1.29 is 5.11 Å². The van der Waals surface area contributed by atoms with E-state index < -0.39 is 0 Å². The summed E-state index contributed by atoms with van der Waals surface area (Å²) in [6, 6.07) is 6.49. The molecule has 0 spiro atoms. The number of benzene rings is 1. The number of aryl methyl sites for hydroxylation is 1. The van der Waals surface area contributed by atoms with E-state index in [1.807, 2.05) is 0 Å². The average molecular weight is 176 g/mol. The topological polar surface area (TPSA) is 20.2 Å². The van der Waals surface area contributed by atoms with Crippen molar-refractivity contribution >= 4 is 0 Å². The summed E-state index contributed by atoms with van der Waals surface area (Å²) in [6.45, 7) is 4.25. The van der Waals surface area contributed by atoms with Crippen LogP contribution in [-0.2, 0) is 12.8 Å². The molecule has 0 saturated heterocycles. The van der Waals surface area contributed by atoms with E-state index in [0.717, 1.165) is 18.4 Å². The predicted molar refractivity (Wildman–Crippen MR) is 53.6 cm³/mol. The van der Waals surface area contributed by atoms with Crippen LogP contribution in [-0.4, -0.2) is 5.11 Å². The maximum atomic E-state index is 9.87. The third-order valence-corrected chi connectivity index (χ3v) is 3.02. The molecule has 0 aliphatic heterocycles. The van der Waals surface area contributed by atoms with Crippen molar-refractivity contribution in [1.82, 2.24) is 0 Å². The average Bonchev–Trinajstić information content (AvgIpc) is 2.43. The molecule has 0 saturated carbocycles. The summed E-state index contributed by atoms with van der Waals surface area (Å²) in [5.74, 6) is 0.391. The molecular formula is C12H16O. The summed E-state index contributed by atoms with van der Waals surface area (Å²) in [5.41, 5.74) is 3.82. The lowest BCUT2D eigenvalue weighted by atomic mass is 10.0. The SMILES string of the molecule is CCc1ccc2c(c1)C(O)C(C)C2. The molecule has 0 aromatic heterocycles. The third kappa shape index (κ3) is 1.37. The van der Waals surface area contributed by atoms with E-state index >= 15 is 0 Å². The van der Waals surface area contributed by atoms with E-state index in [4.69, 9.17) is 0 Å². The minimum atomic E-state index is -0.235. The van der Waals surface area contributed by atoms with Gasteiger partial charge in [-0.15, -0.1) is 0 Å². The highest BCUT2D eigenvalue weighted by Crippen LogP contribution is 2.36. The number of hydrogen-bond acceptors (Lipinski definition) is 1. The van der Waals surface area contributed by atoms with Gasteiger partial charge in [0.2, 0.25) is 0 Å². The number of rotatable bonds is 1. The Morgan fingerprint density at radius 2 is 2.23 bits per heavy atom. The molecule has 0 bridgehead atoms. The molecule has 1 heteroatoms. The van der Waals surface area contributed by atoms with Crippen molar-refractivity contribution in [3.05, 3.63) is 34.9 Å². The smallest absolute Gasteiger partial charge is 0.0821 e. The van der Waals surface area contributed by atoms with E-state index in [-0.39, 0.29) is 6.10 Å². The molecule has 2 atom stereocenters. The van der Waals surface area contributed by atoms with Gasteiger partial charge in [-0.3, -0.25) is 0 Å². The first kappa shape index (κ1) is 8.76. The zero-order valence-electron chi connectivity index (χ0n) is 8.25. The van der Waals surface area contributed by atoms with Gasteiger partial charge in [-0.2, -0.15) is 0 Å². The molecule has 1 aromatic carbocycles. The molecule has 0 fully saturated rings. The molecule has 0 radical (unpaired) electrons. The van der Waals surface area contributed by atoms with Gasteiger partial charge >= 0.3 is 0 Å². The lowest BCUT2D eigenvalue weighted by Gasteiger charge is -2.08. The Balaban J connectivity index is 2.42. The quantitative estimate of drug-likeness (QED) is 0.697. The Morgan fingerprint density at radius 3 is 2.92 bits per heavy atom. The predicted octanol–water partition coefficient (Wildman–Crippen LogP) is 2.47. The molecule has 1 N–H and O–H groups in total. The maximum absolute atomic E-state index is 9.87. The first-order valence-corrected chi connectivity index (χ1v) is 5.02. The summed E-state index contributed by atoms with van der Waals surface area (Å²) in [5, 5.41) is 9.87. The van der Waals surface area contributed by atoms with Crippen LogP contribution in [0.15, 0.2) is 18.2 Å². The lowest BCUT2D eigenvalue weighted by molar-refractivity contribution is 0.133. The zero-order chi connectivity index (χ0) is 9.42. The molecular weight excluding hydrogens is 160 g/mol. The van der Waals surface area contributed by atoms with Crippen LogP contribution >= 0.6 is 0 Å². The molecule has 1 aromatic rings. The monoisotopic (exact) mass is 176 g/mol. The van der Waals surface area contributed by atoms with E-state index in [1.165, 1.54) is 11.1 Å². The molecule has 0 heterocycles. The van der Waals surface area contributed by atoms with Crippen LogP contribution in [0.3, 0.4) is 0 Å². The van der Waals surface area contributed by atoms with Gasteiger partial charge < -0.3 is 5.11 Å². The molecule has 70 valence electrons. The highest BCUT2D eigenvalue weighted by Gasteiger charge is 2.27. The van der Waals surface area contributed by atoms with Gasteiger partial charge in [0.25, 0.3) is 0 Å². The van der Waals surface area contributed by atoms with Gasteiger partial charge in [-0.1, -0.05) is 32.0 Å². The standard InChI is InChI=1S/C12H16O/c1-3-9-4-5-10-6-8(2)12(13)11(10)7-9/h4-5,7-8,12-13H,3,6H2,1-2H3. The van der Waals surface area contributed by atoms with Gasteiger partial charge in [-0.25, -0.2) is 0 Å². The van der Waals surface area contributed by atoms with Crippen molar-refractivity contribution in [2.75, 3.05) is 0 Å². The summed E-state index contributed by atoms with van der Waals surface area (Å²) < 4.78 is 0. The fourth-order valence-electron chi connectivity index (χ4n) is 2.09. The highest BCUT2D eigenvalue weighted by molar-refractivity contribution is 5.37. The van der Waals surface area contributed by atoms with Crippen molar-refractivity contribution in [2.45, 2.75) is 32.8 Å². The van der Waals surface area contributed by atoms with E-state index in [9.17, 15) is 5.11 Å². The van der Waals surface area contributed by atoms with Crippen LogP contribution in [0.5, 0.6) is 0 Å². The van der Waals surface area contributed by atoms with Crippen molar-refractivity contribution in [1.29, 1.82) is 0 Å². The van der Waals surface area contributed by atoms with Crippen LogP contribution in [0.25, 0.3) is 0 Å². The van der Waals surface area contributed by atoms with Crippen molar-refractivity contribution in [2.24, 2.45) is 5.92 Å². The van der Waals surface area contributed by atoms with Crippen molar-refractivity contribution in [3.8, 4) is 0 Å². The molecule has 2 rings (SSSR count). The first-order chi connectivity index (χ1) is 6.22. The van der Waals surface area contributed by atoms with Crippen molar-refractivity contribution in [3.63, 3.8) is 0 Å². The summed E-state index contributed by atoms with van der Waals surface area (Å²) in [6.07, 6.45) is 1.84. The summed E-state index contributed by atoms with van der Waals surface area (Å²) in [4.78, 5) is 0. The minimum Gasteiger partial charge on any atom is -0.388 e. The van der Waals surface area contributed by atoms with Gasteiger partial charge in [0.15, 0.2) is 0 Å². The second-order valence-electron chi connectivity index (χ2n) is 4.01. The number of fused-ring (bicyclic) bond motifs is 1. The van der Waals surface area contributed by atoms with E-state index in [1.54, 1.807) is 0 Å². The molecule has 1 aliphatic carbocycles. The normalized spacial score (nSPS) is 26.1. The summed E-state index contributed by atoms with van der Waals surface area (Å²) >= 11 is 0. The van der Waals surface area contributed by atoms with Crippen LogP contribution < -0.4 is 0 Å². The fourth-order valence-corrected chi connectivity index (χ4v) is 2.09. The Morgan fingerprint density at radius 1 is 1.46 bits per heavy atom. The van der Waals surface area contributed by atoms with Crippen LogP contribution in [0.2, 0.25) is 0 Å². The Bertz CT molecular complexity index is 317. The maximum Gasteiger partial charge on any atom is 0.0821 e. The number of hydrogen-bond donors (Lipinski definition) is 1. The molecule has 2 unspecified atom stereocenters. The Hall–Kier alpha value is -0.820. The van der Waals surface area contributed by atoms with Crippen LogP contribution in [0.4, 0.5) is 0 Å². The Kier molecular flexibility index (Phi) is 2.12.